The van der Waals surface area contributed by atoms with E-state index in [1.165, 1.54) is 28.2 Å². The number of aromatic nitrogens is 2. The molecular weight excluding hydrogens is 368 g/mol. The van der Waals surface area contributed by atoms with Crippen LogP contribution in [0.25, 0.3) is 4.96 Å². The number of fused-ring (bicyclic) bond motifs is 1. The number of carbonyl (C=O) groups is 2. The molecule has 0 aliphatic rings. The van der Waals surface area contributed by atoms with Gasteiger partial charge in [0.15, 0.2) is 10.7 Å². The number of thiazole rings is 1. The number of hydrogen-bond donors (Lipinski definition) is 2. The number of rotatable bonds is 4. The Hall–Kier alpha value is -3.72. The van der Waals surface area contributed by atoms with Gasteiger partial charge in [-0.2, -0.15) is 0 Å². The van der Waals surface area contributed by atoms with Crippen LogP contribution in [0.3, 0.4) is 0 Å². The van der Waals surface area contributed by atoms with Crippen LogP contribution in [0, 0.1) is 0 Å². The van der Waals surface area contributed by atoms with Crippen LogP contribution < -0.4 is 16.2 Å². The predicted octanol–water partition coefficient (Wildman–Crippen LogP) is 2.85. The van der Waals surface area contributed by atoms with Crippen LogP contribution in [-0.2, 0) is 0 Å². The van der Waals surface area contributed by atoms with Crippen molar-refractivity contribution in [1.82, 2.24) is 9.38 Å². The number of nitrogens with one attached hydrogen (secondary N) is 2. The lowest BCUT2D eigenvalue weighted by Crippen LogP contribution is -2.25. The molecule has 0 spiro atoms. The Labute approximate surface area is 156 Å². The van der Waals surface area contributed by atoms with Crippen molar-refractivity contribution in [2.24, 2.45) is 0 Å². The molecule has 1 aromatic carbocycles. The summed E-state index contributed by atoms with van der Waals surface area (Å²) in [4.78, 5) is 41.2. The molecule has 0 bridgehead atoms. The maximum Gasteiger partial charge on any atom is 0.291 e. The van der Waals surface area contributed by atoms with E-state index in [-0.39, 0.29) is 17.2 Å². The molecule has 134 valence electrons. The van der Waals surface area contributed by atoms with Crippen LogP contribution in [0.5, 0.6) is 0 Å². The highest BCUT2D eigenvalue weighted by Crippen LogP contribution is 2.15. The highest BCUT2D eigenvalue weighted by molar-refractivity contribution is 7.15. The first-order valence-corrected chi connectivity index (χ1v) is 8.71. The summed E-state index contributed by atoms with van der Waals surface area (Å²) in [5.41, 5.74) is 0.531. The number of nitrogens with zero attached hydrogens (tertiary/aromatic N) is 2. The molecule has 27 heavy (non-hydrogen) atoms. The third kappa shape index (κ3) is 3.35. The van der Waals surface area contributed by atoms with Gasteiger partial charge in [0.2, 0.25) is 0 Å². The quantitative estimate of drug-likeness (QED) is 0.566. The summed E-state index contributed by atoms with van der Waals surface area (Å²) in [5, 5.41) is 7.04. The van der Waals surface area contributed by atoms with E-state index < -0.39 is 11.5 Å². The fourth-order valence-electron chi connectivity index (χ4n) is 2.42. The number of carbonyl (C=O) groups excluding carboxylic acids is 2. The highest BCUT2D eigenvalue weighted by Gasteiger charge is 2.14. The smallest absolute Gasteiger partial charge is 0.291 e. The summed E-state index contributed by atoms with van der Waals surface area (Å²) in [7, 11) is 0. The first-order valence-electron chi connectivity index (χ1n) is 7.83. The Morgan fingerprint density at radius 3 is 2.41 bits per heavy atom. The molecule has 8 nitrogen and oxygen atoms in total. The molecule has 0 aliphatic carbocycles. The van der Waals surface area contributed by atoms with Crippen molar-refractivity contribution < 1.29 is 14.0 Å². The fraction of sp³-hybridized carbons (Fsp3) is 0. The second kappa shape index (κ2) is 6.89. The third-order valence-corrected chi connectivity index (χ3v) is 4.50. The molecule has 0 saturated carbocycles. The Kier molecular flexibility index (Phi) is 4.27. The molecule has 2 N–H and O–H groups in total. The van der Waals surface area contributed by atoms with Crippen LogP contribution >= 0.6 is 11.3 Å². The van der Waals surface area contributed by atoms with Crippen molar-refractivity contribution in [3.63, 3.8) is 0 Å². The largest absolute Gasteiger partial charge is 0.459 e. The van der Waals surface area contributed by atoms with E-state index in [1.54, 1.807) is 48.0 Å². The lowest BCUT2D eigenvalue weighted by molar-refractivity contribution is 0.0994. The highest BCUT2D eigenvalue weighted by atomic mass is 32.1. The Balaban J connectivity index is 1.47. The second-order valence-corrected chi connectivity index (χ2v) is 6.37. The topological polar surface area (TPSA) is 106 Å². The van der Waals surface area contributed by atoms with Crippen molar-refractivity contribution in [3.8, 4) is 0 Å². The van der Waals surface area contributed by atoms with Crippen LogP contribution in [0.15, 0.2) is 69.6 Å². The van der Waals surface area contributed by atoms with Crippen molar-refractivity contribution >= 4 is 39.5 Å². The van der Waals surface area contributed by atoms with Gasteiger partial charge in [-0.15, -0.1) is 11.3 Å². The van der Waals surface area contributed by atoms with Crippen molar-refractivity contribution in [2.45, 2.75) is 0 Å². The van der Waals surface area contributed by atoms with E-state index in [0.29, 0.717) is 16.3 Å². The number of benzene rings is 1. The number of amides is 2. The van der Waals surface area contributed by atoms with Gasteiger partial charge in [-0.05, 0) is 36.4 Å². The van der Waals surface area contributed by atoms with Gasteiger partial charge in [-0.25, -0.2) is 4.98 Å². The lowest BCUT2D eigenvalue weighted by atomic mass is 10.2. The SMILES string of the molecule is O=C(Nc1ccc(NC(=O)c2cnc3sccn3c2=O)cc1)c1ccco1. The normalized spacial score (nSPS) is 10.7. The van der Waals surface area contributed by atoms with Crippen molar-refractivity contribution in [2.75, 3.05) is 10.6 Å². The summed E-state index contributed by atoms with van der Waals surface area (Å²) in [6, 6.07) is 9.67. The average Bonchev–Trinajstić information content (AvgIpc) is 3.35. The molecular formula is C18H12N4O4S. The minimum atomic E-state index is -0.555. The first kappa shape index (κ1) is 16.7. The van der Waals surface area contributed by atoms with Crippen LogP contribution in [0.2, 0.25) is 0 Å². The lowest BCUT2D eigenvalue weighted by Gasteiger charge is -2.07. The summed E-state index contributed by atoms with van der Waals surface area (Å²) < 4.78 is 6.35. The zero-order valence-corrected chi connectivity index (χ0v) is 14.5. The van der Waals surface area contributed by atoms with Gasteiger partial charge >= 0.3 is 0 Å². The van der Waals surface area contributed by atoms with Gasteiger partial charge in [0.25, 0.3) is 17.4 Å². The van der Waals surface area contributed by atoms with E-state index in [4.69, 9.17) is 4.42 Å². The number of hydrogen-bond acceptors (Lipinski definition) is 6. The van der Waals surface area contributed by atoms with Gasteiger partial charge in [-0.3, -0.25) is 18.8 Å². The maximum atomic E-state index is 12.4. The Morgan fingerprint density at radius 2 is 1.74 bits per heavy atom. The molecule has 0 fully saturated rings. The molecule has 0 saturated heterocycles. The fourth-order valence-corrected chi connectivity index (χ4v) is 3.09. The standard InChI is InChI=1S/C18H12N4O4S/c23-15(13-10-19-18-22(17(13)25)7-9-27-18)20-11-3-5-12(6-4-11)21-16(24)14-2-1-8-26-14/h1-10H,(H,20,23)(H,21,24). The molecule has 3 heterocycles. The molecule has 0 aliphatic heterocycles. The monoisotopic (exact) mass is 380 g/mol. The van der Waals surface area contributed by atoms with Gasteiger partial charge in [-0.1, -0.05) is 0 Å². The van der Waals surface area contributed by atoms with Crippen molar-refractivity contribution in [1.29, 1.82) is 0 Å². The molecule has 0 radical (unpaired) electrons. The summed E-state index contributed by atoms with van der Waals surface area (Å²) in [5.74, 6) is -0.732. The third-order valence-electron chi connectivity index (χ3n) is 3.73. The van der Waals surface area contributed by atoms with Crippen molar-refractivity contribution in [3.05, 3.63) is 82.1 Å². The zero-order chi connectivity index (χ0) is 18.8. The van der Waals surface area contributed by atoms with E-state index in [1.807, 2.05) is 0 Å². The molecule has 4 aromatic rings. The summed E-state index contributed by atoms with van der Waals surface area (Å²) in [6.45, 7) is 0. The van der Waals surface area contributed by atoms with Gasteiger partial charge in [0.05, 0.1) is 6.26 Å². The molecule has 2 amide bonds. The maximum absolute atomic E-state index is 12.4. The van der Waals surface area contributed by atoms with Crippen LogP contribution in [-0.4, -0.2) is 21.2 Å². The van der Waals surface area contributed by atoms with Crippen LogP contribution in [0.4, 0.5) is 11.4 Å². The second-order valence-electron chi connectivity index (χ2n) is 5.50. The predicted molar refractivity (Wildman–Crippen MR) is 100 cm³/mol. The molecule has 4 rings (SSSR count). The molecule has 0 atom stereocenters. The van der Waals surface area contributed by atoms with E-state index in [0.717, 1.165) is 0 Å². The van der Waals surface area contributed by atoms with E-state index in [9.17, 15) is 14.4 Å². The van der Waals surface area contributed by atoms with Gasteiger partial charge < -0.3 is 15.1 Å². The van der Waals surface area contributed by atoms with E-state index in [2.05, 4.69) is 15.6 Å². The summed E-state index contributed by atoms with van der Waals surface area (Å²) in [6.07, 6.45) is 4.25. The van der Waals surface area contributed by atoms with E-state index >= 15 is 0 Å². The van der Waals surface area contributed by atoms with Gasteiger partial charge in [0.1, 0.15) is 5.56 Å². The first-order chi connectivity index (χ1) is 13.1. The number of furan rings is 1. The summed E-state index contributed by atoms with van der Waals surface area (Å²) >= 11 is 1.31. The minimum absolute atomic E-state index is 0.0545. The van der Waals surface area contributed by atoms with Crippen LogP contribution in [0.1, 0.15) is 20.9 Å². The molecule has 9 heteroatoms. The zero-order valence-electron chi connectivity index (χ0n) is 13.7. The molecule has 0 unspecified atom stereocenters. The number of anilines is 2. The molecule has 3 aromatic heterocycles. The minimum Gasteiger partial charge on any atom is -0.459 e. The Morgan fingerprint density at radius 1 is 1.04 bits per heavy atom. The average molecular weight is 380 g/mol. The Bertz CT molecular complexity index is 1180. The van der Waals surface area contributed by atoms with Gasteiger partial charge in [0, 0.05) is 29.1 Å².